The molecule has 1 aliphatic heterocycles. The van der Waals surface area contributed by atoms with E-state index < -0.39 is 10.8 Å². The predicted molar refractivity (Wildman–Crippen MR) is 86.2 cm³/mol. The molecule has 0 amide bonds. The summed E-state index contributed by atoms with van der Waals surface area (Å²) in [6.07, 6.45) is 0. The number of methoxy groups -OCH3 is 1. The van der Waals surface area contributed by atoms with E-state index in [0.717, 1.165) is 16.0 Å². The first kappa shape index (κ1) is 14.8. The molecule has 1 atom stereocenters. The molecular weight excluding hydrogens is 298 g/mol. The first-order chi connectivity index (χ1) is 10.7. The van der Waals surface area contributed by atoms with Gasteiger partial charge in [0.15, 0.2) is 0 Å². The fourth-order valence-corrected chi connectivity index (χ4v) is 3.46. The minimum absolute atomic E-state index is 0.554. The molecule has 2 aromatic carbocycles. The SMILES string of the molecule is COc1ccc(C2=NCCO2)c([S@@](=O)c2ccc(C)cc2)c1. The van der Waals surface area contributed by atoms with E-state index in [0.29, 0.717) is 29.7 Å². The minimum atomic E-state index is -1.32. The Morgan fingerprint density at radius 3 is 2.59 bits per heavy atom. The molecule has 1 aliphatic rings. The van der Waals surface area contributed by atoms with Gasteiger partial charge in [0.25, 0.3) is 0 Å². The number of ether oxygens (including phenoxy) is 2. The van der Waals surface area contributed by atoms with Crippen LogP contribution in [0.15, 0.2) is 57.2 Å². The van der Waals surface area contributed by atoms with E-state index in [9.17, 15) is 4.21 Å². The van der Waals surface area contributed by atoms with Crippen LogP contribution in [-0.2, 0) is 15.5 Å². The normalized spacial score (nSPS) is 15.1. The molecule has 5 heteroatoms. The van der Waals surface area contributed by atoms with Gasteiger partial charge in [-0.05, 0) is 37.3 Å². The van der Waals surface area contributed by atoms with E-state index >= 15 is 0 Å². The third kappa shape index (κ3) is 2.90. The Bertz CT molecular complexity index is 738. The molecule has 0 aromatic heterocycles. The highest BCUT2D eigenvalue weighted by Crippen LogP contribution is 2.26. The predicted octanol–water partition coefficient (Wildman–Crippen LogP) is 2.95. The highest BCUT2D eigenvalue weighted by Gasteiger charge is 2.20. The third-order valence-electron chi connectivity index (χ3n) is 3.44. The molecule has 0 N–H and O–H groups in total. The lowest BCUT2D eigenvalue weighted by Crippen LogP contribution is -2.07. The Hall–Kier alpha value is -2.14. The maximum absolute atomic E-state index is 12.9. The number of benzene rings is 2. The van der Waals surface area contributed by atoms with Crippen LogP contribution in [0, 0.1) is 6.92 Å². The summed E-state index contributed by atoms with van der Waals surface area (Å²) in [5, 5.41) is 0. The molecule has 1 heterocycles. The summed E-state index contributed by atoms with van der Waals surface area (Å²) in [6.45, 7) is 3.21. The number of hydrogen-bond donors (Lipinski definition) is 0. The van der Waals surface area contributed by atoms with Crippen LogP contribution in [0.25, 0.3) is 0 Å². The lowest BCUT2D eigenvalue weighted by Gasteiger charge is -2.11. The Morgan fingerprint density at radius 2 is 1.95 bits per heavy atom. The van der Waals surface area contributed by atoms with Crippen LogP contribution in [0.2, 0.25) is 0 Å². The van der Waals surface area contributed by atoms with Crippen molar-refractivity contribution in [1.29, 1.82) is 0 Å². The van der Waals surface area contributed by atoms with Gasteiger partial charge in [-0.25, -0.2) is 9.20 Å². The van der Waals surface area contributed by atoms with Crippen LogP contribution in [0.4, 0.5) is 0 Å². The van der Waals surface area contributed by atoms with Crippen molar-refractivity contribution < 1.29 is 13.7 Å². The first-order valence-corrected chi connectivity index (χ1v) is 8.18. The number of aliphatic imine (C=N–C) groups is 1. The largest absolute Gasteiger partial charge is 0.497 e. The molecule has 0 fully saturated rings. The van der Waals surface area contributed by atoms with Gasteiger partial charge >= 0.3 is 0 Å². The molecule has 22 heavy (non-hydrogen) atoms. The van der Waals surface area contributed by atoms with Crippen molar-refractivity contribution in [1.82, 2.24) is 0 Å². The topological polar surface area (TPSA) is 47.9 Å². The molecule has 0 saturated heterocycles. The second kappa shape index (κ2) is 6.32. The van der Waals surface area contributed by atoms with E-state index in [-0.39, 0.29) is 0 Å². The maximum Gasteiger partial charge on any atom is 0.217 e. The van der Waals surface area contributed by atoms with Crippen LogP contribution >= 0.6 is 0 Å². The van der Waals surface area contributed by atoms with Gasteiger partial charge in [0, 0.05) is 4.90 Å². The average molecular weight is 315 g/mol. The molecule has 0 saturated carbocycles. The van der Waals surface area contributed by atoms with Gasteiger partial charge in [-0.15, -0.1) is 0 Å². The van der Waals surface area contributed by atoms with Crippen LogP contribution in [-0.4, -0.2) is 30.4 Å². The first-order valence-electron chi connectivity index (χ1n) is 7.03. The van der Waals surface area contributed by atoms with Crippen molar-refractivity contribution in [3.8, 4) is 5.75 Å². The molecule has 0 bridgehead atoms. The monoisotopic (exact) mass is 315 g/mol. The standard InChI is InChI=1S/C17H17NO3S/c1-12-3-6-14(7-4-12)22(19)16-11-13(20-2)5-8-15(16)17-18-9-10-21-17/h3-8,11H,9-10H2,1-2H3/t22-/m0/s1. The molecule has 0 spiro atoms. The second-order valence-corrected chi connectivity index (χ2v) is 6.43. The highest BCUT2D eigenvalue weighted by molar-refractivity contribution is 7.85. The summed E-state index contributed by atoms with van der Waals surface area (Å²) >= 11 is 0. The number of rotatable bonds is 4. The summed E-state index contributed by atoms with van der Waals surface area (Å²) in [4.78, 5) is 5.74. The van der Waals surface area contributed by atoms with E-state index in [2.05, 4.69) is 4.99 Å². The Morgan fingerprint density at radius 1 is 1.18 bits per heavy atom. The minimum Gasteiger partial charge on any atom is -0.497 e. The molecule has 4 nitrogen and oxygen atoms in total. The van der Waals surface area contributed by atoms with Crippen LogP contribution < -0.4 is 4.74 Å². The van der Waals surface area contributed by atoms with Gasteiger partial charge in [-0.1, -0.05) is 17.7 Å². The van der Waals surface area contributed by atoms with E-state index in [1.165, 1.54) is 0 Å². The van der Waals surface area contributed by atoms with E-state index in [1.54, 1.807) is 13.2 Å². The second-order valence-electron chi connectivity index (χ2n) is 4.98. The zero-order valence-corrected chi connectivity index (χ0v) is 13.4. The Labute approximate surface area is 132 Å². The fourth-order valence-electron chi connectivity index (χ4n) is 2.25. The number of hydrogen-bond acceptors (Lipinski definition) is 4. The average Bonchev–Trinajstić information content (AvgIpc) is 3.08. The summed E-state index contributed by atoms with van der Waals surface area (Å²) in [5.74, 6) is 1.22. The summed E-state index contributed by atoms with van der Waals surface area (Å²) in [7, 11) is 0.279. The van der Waals surface area contributed by atoms with Crippen LogP contribution in [0.5, 0.6) is 5.75 Å². The third-order valence-corrected chi connectivity index (χ3v) is 4.88. The highest BCUT2D eigenvalue weighted by atomic mass is 32.2. The molecule has 0 unspecified atom stereocenters. The number of nitrogens with zero attached hydrogens (tertiary/aromatic N) is 1. The molecule has 0 aliphatic carbocycles. The zero-order valence-electron chi connectivity index (χ0n) is 12.5. The van der Waals surface area contributed by atoms with Gasteiger partial charge in [-0.3, -0.25) is 0 Å². The van der Waals surface area contributed by atoms with Gasteiger partial charge in [0.2, 0.25) is 5.90 Å². The molecular formula is C17H17NO3S. The maximum atomic E-state index is 12.9. The van der Waals surface area contributed by atoms with Crippen molar-refractivity contribution in [2.45, 2.75) is 16.7 Å². The quantitative estimate of drug-likeness (QED) is 0.871. The van der Waals surface area contributed by atoms with Crippen LogP contribution in [0.3, 0.4) is 0 Å². The van der Waals surface area contributed by atoms with Crippen molar-refractivity contribution >= 4 is 16.7 Å². The van der Waals surface area contributed by atoms with Crippen molar-refractivity contribution in [3.05, 3.63) is 53.6 Å². The zero-order chi connectivity index (χ0) is 15.5. The lowest BCUT2D eigenvalue weighted by atomic mass is 10.2. The molecule has 114 valence electrons. The lowest BCUT2D eigenvalue weighted by molar-refractivity contribution is 0.347. The van der Waals surface area contributed by atoms with Gasteiger partial charge in [0.05, 0.1) is 34.9 Å². The summed E-state index contributed by atoms with van der Waals surface area (Å²) in [5.41, 5.74) is 1.90. The summed E-state index contributed by atoms with van der Waals surface area (Å²) < 4.78 is 23.7. The molecule has 3 rings (SSSR count). The Kier molecular flexibility index (Phi) is 4.24. The van der Waals surface area contributed by atoms with Gasteiger partial charge in [-0.2, -0.15) is 0 Å². The summed E-state index contributed by atoms with van der Waals surface area (Å²) in [6, 6.07) is 13.1. The van der Waals surface area contributed by atoms with Crippen molar-refractivity contribution in [3.63, 3.8) is 0 Å². The van der Waals surface area contributed by atoms with E-state index in [4.69, 9.17) is 9.47 Å². The molecule has 0 radical (unpaired) electrons. The van der Waals surface area contributed by atoms with Crippen molar-refractivity contribution in [2.75, 3.05) is 20.3 Å². The Balaban J connectivity index is 2.06. The molecule has 2 aromatic rings. The smallest absolute Gasteiger partial charge is 0.217 e. The van der Waals surface area contributed by atoms with Crippen molar-refractivity contribution in [2.24, 2.45) is 4.99 Å². The number of aryl methyl sites for hydroxylation is 1. The van der Waals surface area contributed by atoms with Gasteiger partial charge < -0.3 is 9.47 Å². The van der Waals surface area contributed by atoms with E-state index in [1.807, 2.05) is 43.3 Å². The fraction of sp³-hybridized carbons (Fsp3) is 0.235. The van der Waals surface area contributed by atoms with Crippen LogP contribution in [0.1, 0.15) is 11.1 Å². The van der Waals surface area contributed by atoms with Gasteiger partial charge in [0.1, 0.15) is 12.4 Å².